The van der Waals surface area contributed by atoms with Crippen LogP contribution < -0.4 is 20.5 Å². The number of hydrogen-bond donors (Lipinski definition) is 4. The molecule has 0 aromatic heterocycles. The normalized spacial score (nSPS) is 12.2. The van der Waals surface area contributed by atoms with E-state index < -0.39 is 11.9 Å². The number of nitrogens with two attached hydrogens (primary N) is 1. The highest BCUT2D eigenvalue weighted by molar-refractivity contribution is 5.97. The van der Waals surface area contributed by atoms with Crippen molar-refractivity contribution in [1.29, 1.82) is 0 Å². The molecule has 0 aliphatic rings. The van der Waals surface area contributed by atoms with E-state index in [1.165, 1.54) is 13.0 Å². The van der Waals surface area contributed by atoms with Crippen LogP contribution >= 0.6 is 0 Å². The van der Waals surface area contributed by atoms with E-state index in [9.17, 15) is 4.79 Å². The van der Waals surface area contributed by atoms with Gasteiger partial charge in [-0.1, -0.05) is 5.16 Å². The topological polar surface area (TPSA) is 136 Å². The number of halogens is 1. The molecule has 9 nitrogen and oxygen atoms in total. The number of nitrogens with zero attached hydrogens (tertiary/aromatic N) is 1. The molecule has 2 rings (SSSR count). The second-order valence-corrected chi connectivity index (χ2v) is 7.07. The molecular formula is C23H30FN3O6. The Labute approximate surface area is 191 Å². The maximum atomic E-state index is 15.1. The number of anilines is 1. The van der Waals surface area contributed by atoms with Crippen molar-refractivity contribution in [2.75, 3.05) is 31.7 Å². The molecule has 0 saturated heterocycles. The highest BCUT2D eigenvalue weighted by Crippen LogP contribution is 2.35. The summed E-state index contributed by atoms with van der Waals surface area (Å²) in [5, 5.41) is 24.1. The van der Waals surface area contributed by atoms with E-state index in [1.54, 1.807) is 37.3 Å². The second-order valence-electron chi connectivity index (χ2n) is 7.07. The van der Waals surface area contributed by atoms with Crippen molar-refractivity contribution in [2.24, 2.45) is 10.9 Å². The van der Waals surface area contributed by atoms with Gasteiger partial charge in [0.25, 0.3) is 0 Å². The molecule has 0 unspecified atom stereocenters. The van der Waals surface area contributed by atoms with E-state index >= 15 is 4.39 Å². The van der Waals surface area contributed by atoms with Crippen molar-refractivity contribution < 1.29 is 33.7 Å². The lowest BCUT2D eigenvalue weighted by molar-refractivity contribution is -0.141. The Morgan fingerprint density at radius 1 is 1.18 bits per heavy atom. The molecule has 0 bridgehead atoms. The van der Waals surface area contributed by atoms with E-state index in [-0.39, 0.29) is 37.4 Å². The number of hydrogen-bond acceptors (Lipinski definition) is 8. The summed E-state index contributed by atoms with van der Waals surface area (Å²) in [6, 6.07) is 9.11. The van der Waals surface area contributed by atoms with Gasteiger partial charge in [-0.25, -0.2) is 4.39 Å². The number of benzene rings is 2. The predicted molar refractivity (Wildman–Crippen MR) is 121 cm³/mol. The van der Waals surface area contributed by atoms with Crippen LogP contribution in [0, 0.1) is 5.82 Å². The Morgan fingerprint density at radius 3 is 2.48 bits per heavy atom. The second kappa shape index (κ2) is 13.1. The van der Waals surface area contributed by atoms with Crippen LogP contribution in [0.5, 0.6) is 11.5 Å². The van der Waals surface area contributed by atoms with Gasteiger partial charge < -0.3 is 35.6 Å². The Kier molecular flexibility index (Phi) is 10.2. The van der Waals surface area contributed by atoms with Crippen LogP contribution in [0.1, 0.15) is 43.9 Å². The maximum absolute atomic E-state index is 15.1. The van der Waals surface area contributed by atoms with Crippen molar-refractivity contribution >= 4 is 17.5 Å². The summed E-state index contributed by atoms with van der Waals surface area (Å²) in [6.07, 6.45) is 0.945. The molecule has 0 saturated carbocycles. The minimum absolute atomic E-state index is 0.00947. The number of amidine groups is 1. The van der Waals surface area contributed by atoms with Gasteiger partial charge in [0.2, 0.25) is 0 Å². The molecule has 0 aliphatic carbocycles. The zero-order valence-electron chi connectivity index (χ0n) is 18.7. The van der Waals surface area contributed by atoms with Crippen molar-refractivity contribution in [3.05, 3.63) is 53.3 Å². The Morgan fingerprint density at radius 2 is 1.88 bits per heavy atom. The van der Waals surface area contributed by atoms with Crippen LogP contribution in [0.25, 0.3) is 0 Å². The fourth-order valence-corrected chi connectivity index (χ4v) is 3.16. The van der Waals surface area contributed by atoms with Gasteiger partial charge in [-0.05, 0) is 50.1 Å². The van der Waals surface area contributed by atoms with Crippen molar-refractivity contribution in [2.45, 2.75) is 32.7 Å². The number of ether oxygens (including phenoxy) is 3. The Bertz CT molecular complexity index is 937. The number of carbonyl (C=O) groups is 1. The molecule has 180 valence electrons. The minimum Gasteiger partial charge on any atom is -0.490 e. The Balaban J connectivity index is 2.33. The largest absolute Gasteiger partial charge is 0.490 e. The SMILES string of the molecule is CCOc1cc([C@@H](CCCOC(C)=O)Nc2ccc(C(N)=NO)cc2)c(F)cc1OCCO. The molecule has 0 spiro atoms. The van der Waals surface area contributed by atoms with Crippen LogP contribution in [0.4, 0.5) is 10.1 Å². The standard InChI is InChI=1S/C23H30FN3O6/c1-3-31-21-13-18(19(24)14-22(21)33-12-10-28)20(5-4-11-32-15(2)29)26-17-8-6-16(7-9-17)23(25)27-30/h6-9,13-14,20,26,28,30H,3-5,10-12H2,1-2H3,(H2,25,27)/t20-/m1/s1. The van der Waals surface area contributed by atoms with Gasteiger partial charge in [-0.3, -0.25) is 4.79 Å². The molecular weight excluding hydrogens is 433 g/mol. The number of aliphatic hydroxyl groups excluding tert-OH is 1. The van der Waals surface area contributed by atoms with E-state index in [4.69, 9.17) is 30.3 Å². The third-order valence-electron chi connectivity index (χ3n) is 4.66. The molecule has 0 radical (unpaired) electrons. The van der Waals surface area contributed by atoms with Gasteiger partial charge in [0.1, 0.15) is 12.4 Å². The van der Waals surface area contributed by atoms with Gasteiger partial charge in [0.15, 0.2) is 17.3 Å². The average Bonchev–Trinajstić information content (AvgIpc) is 2.81. The van der Waals surface area contributed by atoms with Crippen LogP contribution in [0.2, 0.25) is 0 Å². The van der Waals surface area contributed by atoms with Crippen molar-refractivity contribution in [3.63, 3.8) is 0 Å². The molecule has 2 aromatic rings. The fourth-order valence-electron chi connectivity index (χ4n) is 3.16. The highest BCUT2D eigenvalue weighted by atomic mass is 19.1. The zero-order chi connectivity index (χ0) is 24.2. The lowest BCUT2D eigenvalue weighted by atomic mass is 10.00. The van der Waals surface area contributed by atoms with Gasteiger partial charge >= 0.3 is 5.97 Å². The number of carbonyl (C=O) groups excluding carboxylic acids is 1. The van der Waals surface area contributed by atoms with Crippen LogP contribution in [-0.2, 0) is 9.53 Å². The number of nitrogens with one attached hydrogen (secondary N) is 1. The van der Waals surface area contributed by atoms with Crippen LogP contribution in [-0.4, -0.2) is 48.5 Å². The van der Waals surface area contributed by atoms with E-state index in [0.717, 1.165) is 0 Å². The molecule has 0 amide bonds. The first-order valence-corrected chi connectivity index (χ1v) is 10.6. The third-order valence-corrected chi connectivity index (χ3v) is 4.66. The summed E-state index contributed by atoms with van der Waals surface area (Å²) in [5.74, 6) is -0.353. The smallest absolute Gasteiger partial charge is 0.302 e. The third kappa shape index (κ3) is 7.83. The molecule has 10 heteroatoms. The van der Waals surface area contributed by atoms with Crippen LogP contribution in [0.3, 0.4) is 0 Å². The molecule has 1 atom stereocenters. The molecule has 0 fully saturated rings. The lowest BCUT2D eigenvalue weighted by Crippen LogP contribution is -2.16. The summed E-state index contributed by atoms with van der Waals surface area (Å²) >= 11 is 0. The van der Waals surface area contributed by atoms with Crippen LogP contribution in [0.15, 0.2) is 41.6 Å². The Hall–Kier alpha value is -3.53. The fraction of sp³-hybridized carbons (Fsp3) is 0.391. The first-order chi connectivity index (χ1) is 15.9. The summed E-state index contributed by atoms with van der Waals surface area (Å²) in [6.45, 7) is 3.48. The first kappa shape index (κ1) is 25.7. The summed E-state index contributed by atoms with van der Waals surface area (Å²) < 4.78 is 31.2. The van der Waals surface area contributed by atoms with E-state index in [0.29, 0.717) is 42.0 Å². The monoisotopic (exact) mass is 463 g/mol. The highest BCUT2D eigenvalue weighted by Gasteiger charge is 2.20. The summed E-state index contributed by atoms with van der Waals surface area (Å²) in [4.78, 5) is 11.1. The summed E-state index contributed by atoms with van der Waals surface area (Å²) in [5.41, 5.74) is 7.16. The zero-order valence-corrected chi connectivity index (χ0v) is 18.7. The molecule has 33 heavy (non-hydrogen) atoms. The number of oxime groups is 1. The average molecular weight is 464 g/mol. The van der Waals surface area contributed by atoms with Gasteiger partial charge in [-0.15, -0.1) is 0 Å². The van der Waals surface area contributed by atoms with Crippen molar-refractivity contribution in [3.8, 4) is 11.5 Å². The number of esters is 1. The first-order valence-electron chi connectivity index (χ1n) is 10.6. The molecule has 2 aromatic carbocycles. The van der Waals surface area contributed by atoms with E-state index in [1.807, 2.05) is 0 Å². The van der Waals surface area contributed by atoms with Crippen molar-refractivity contribution in [1.82, 2.24) is 0 Å². The summed E-state index contributed by atoms with van der Waals surface area (Å²) in [7, 11) is 0. The minimum atomic E-state index is -0.510. The maximum Gasteiger partial charge on any atom is 0.302 e. The molecule has 0 heterocycles. The quantitative estimate of drug-likeness (QED) is 0.0888. The lowest BCUT2D eigenvalue weighted by Gasteiger charge is -2.23. The van der Waals surface area contributed by atoms with E-state index in [2.05, 4.69) is 10.5 Å². The van der Waals surface area contributed by atoms with Gasteiger partial charge in [0.05, 0.1) is 25.9 Å². The number of aliphatic hydroxyl groups is 1. The van der Waals surface area contributed by atoms with Gasteiger partial charge in [0, 0.05) is 29.8 Å². The molecule has 5 N–H and O–H groups in total. The van der Waals surface area contributed by atoms with Gasteiger partial charge in [-0.2, -0.15) is 0 Å². The predicted octanol–water partition coefficient (Wildman–Crippen LogP) is 3.19. The molecule has 0 aliphatic heterocycles. The number of rotatable bonds is 13.